The fourth-order valence-corrected chi connectivity index (χ4v) is 0.699. The summed E-state index contributed by atoms with van der Waals surface area (Å²) in [6, 6.07) is 0. The van der Waals surface area contributed by atoms with Crippen molar-refractivity contribution in [1.29, 1.82) is 0 Å². The number of ether oxygens (including phenoxy) is 1. The number of hydrogen-bond acceptors (Lipinski definition) is 4. The Morgan fingerprint density at radius 3 is 2.82 bits per heavy atom. The monoisotopic (exact) mass is 342 g/mol. The summed E-state index contributed by atoms with van der Waals surface area (Å²) in [6.07, 6.45) is 3.05. The molecule has 0 saturated heterocycles. The van der Waals surface area contributed by atoms with Gasteiger partial charge in [-0.15, -0.1) is 0 Å². The van der Waals surface area contributed by atoms with Crippen molar-refractivity contribution >= 4 is 12.6 Å². The van der Waals surface area contributed by atoms with Gasteiger partial charge in [0.1, 0.15) is 0 Å². The van der Waals surface area contributed by atoms with Crippen LogP contribution in [0.3, 0.4) is 0 Å². The maximum Gasteiger partial charge on any atom is 0.230 e. The molecule has 5 heteroatoms. The predicted molar refractivity (Wildman–Crippen MR) is 38.8 cm³/mol. The van der Waals surface area contributed by atoms with Crippen molar-refractivity contribution in [1.82, 2.24) is 9.97 Å². The smallest absolute Gasteiger partial charge is 0.230 e. The number of rotatable bonds is 2. The molecule has 0 atom stereocenters. The molecule has 1 aromatic heterocycles. The summed E-state index contributed by atoms with van der Waals surface area (Å²) in [4.78, 5) is 7.70. The van der Waals surface area contributed by atoms with E-state index >= 15 is 0 Å². The van der Waals surface area contributed by atoms with Gasteiger partial charge in [0.15, 0.2) is 0 Å². The molecule has 0 saturated carbocycles. The van der Waals surface area contributed by atoms with Crippen LogP contribution in [0.25, 0.3) is 0 Å². The Morgan fingerprint density at radius 1 is 1.55 bits per heavy atom. The number of aromatic nitrogens is 2. The van der Waals surface area contributed by atoms with Gasteiger partial charge in [-0.05, 0) is 6.92 Å². The summed E-state index contributed by atoms with van der Waals surface area (Å²) in [6.45, 7) is 2.48. The van der Waals surface area contributed by atoms with E-state index in [9.17, 15) is 0 Å². The normalized spacial score (nSPS) is 8.45. The molecule has 0 unspecified atom stereocenters. The van der Waals surface area contributed by atoms with Crippen LogP contribution in [0.1, 0.15) is 6.92 Å². The van der Waals surface area contributed by atoms with Crippen LogP contribution in [-0.2, 0) is 33.1 Å². The molecular formula is C6H7N2OReS-. The van der Waals surface area contributed by atoms with Gasteiger partial charge in [-0.3, -0.25) is 4.98 Å². The fraction of sp³-hybridized carbons (Fsp3) is 0.333. The summed E-state index contributed by atoms with van der Waals surface area (Å²) in [5, 5.41) is 0.464. The average Bonchev–Trinajstić information content (AvgIpc) is 1.88. The minimum Gasteiger partial charge on any atom is -0.759 e. The Morgan fingerprint density at radius 2 is 2.27 bits per heavy atom. The molecule has 1 heterocycles. The van der Waals surface area contributed by atoms with Crippen molar-refractivity contribution in [2.24, 2.45) is 0 Å². The van der Waals surface area contributed by atoms with Crippen molar-refractivity contribution in [3.8, 4) is 5.88 Å². The maximum atomic E-state index is 5.05. The van der Waals surface area contributed by atoms with Gasteiger partial charge >= 0.3 is 0 Å². The van der Waals surface area contributed by atoms with Crippen LogP contribution in [0.15, 0.2) is 17.4 Å². The van der Waals surface area contributed by atoms with Gasteiger partial charge in [0.2, 0.25) is 5.88 Å². The van der Waals surface area contributed by atoms with E-state index in [1.807, 2.05) is 6.92 Å². The van der Waals surface area contributed by atoms with Crippen molar-refractivity contribution in [3.05, 3.63) is 12.4 Å². The molecule has 3 nitrogen and oxygen atoms in total. The molecule has 0 aliphatic heterocycles. The van der Waals surface area contributed by atoms with E-state index in [1.54, 1.807) is 6.20 Å². The zero-order chi connectivity index (χ0) is 7.40. The van der Waals surface area contributed by atoms with E-state index < -0.39 is 0 Å². The first-order chi connectivity index (χ1) is 4.83. The SMILES string of the molecule is CCOc1cncc([S-])n1.[Re]. The van der Waals surface area contributed by atoms with E-state index in [1.165, 1.54) is 6.20 Å². The van der Waals surface area contributed by atoms with Gasteiger partial charge in [-0.25, -0.2) is 4.98 Å². The molecule has 1 radical (unpaired) electrons. The first-order valence-electron chi connectivity index (χ1n) is 2.94. The third kappa shape index (κ3) is 3.61. The summed E-state index contributed by atoms with van der Waals surface area (Å²) >= 11 is 4.76. The Balaban J connectivity index is 0.000001000. The summed E-state index contributed by atoms with van der Waals surface area (Å²) < 4.78 is 5.05. The Bertz CT molecular complexity index is 221. The van der Waals surface area contributed by atoms with Crippen LogP contribution in [0, 0.1) is 0 Å². The molecule has 1 rings (SSSR count). The second-order valence-corrected chi connectivity index (χ2v) is 2.05. The molecule has 11 heavy (non-hydrogen) atoms. The minimum absolute atomic E-state index is 0. The molecule has 0 aliphatic rings. The van der Waals surface area contributed by atoms with E-state index in [2.05, 4.69) is 9.97 Å². The van der Waals surface area contributed by atoms with Gasteiger partial charge in [0.05, 0.1) is 12.8 Å². The Kier molecular flexibility index (Phi) is 5.30. The molecule has 0 amide bonds. The largest absolute Gasteiger partial charge is 0.759 e. The van der Waals surface area contributed by atoms with Crippen LogP contribution >= 0.6 is 0 Å². The van der Waals surface area contributed by atoms with Gasteiger partial charge in [0, 0.05) is 26.6 Å². The van der Waals surface area contributed by atoms with Gasteiger partial charge in [-0.2, -0.15) is 0 Å². The summed E-state index contributed by atoms with van der Waals surface area (Å²) in [5.74, 6) is 0.495. The van der Waals surface area contributed by atoms with Crippen molar-refractivity contribution in [2.75, 3.05) is 6.61 Å². The van der Waals surface area contributed by atoms with Crippen molar-refractivity contribution < 1.29 is 25.2 Å². The van der Waals surface area contributed by atoms with Crippen LogP contribution in [0.5, 0.6) is 5.88 Å². The summed E-state index contributed by atoms with van der Waals surface area (Å²) in [5.41, 5.74) is 0. The predicted octanol–water partition coefficient (Wildman–Crippen LogP) is 0.779. The van der Waals surface area contributed by atoms with Crippen LogP contribution in [0.2, 0.25) is 0 Å². The van der Waals surface area contributed by atoms with E-state index in [-0.39, 0.29) is 20.4 Å². The first-order valence-corrected chi connectivity index (χ1v) is 3.35. The van der Waals surface area contributed by atoms with Gasteiger partial charge < -0.3 is 17.4 Å². The second kappa shape index (κ2) is 5.42. The number of nitrogens with zero attached hydrogens (tertiary/aromatic N) is 2. The zero-order valence-corrected chi connectivity index (χ0v) is 9.48. The standard InChI is InChI=1S/C6H8N2OS.Re/c1-2-9-5-3-7-4-6(10)8-5;/h3-4H,2H2,1H3,(H,8,10);/p-1. The molecule has 0 fully saturated rings. The Hall–Kier alpha value is -0.238. The van der Waals surface area contributed by atoms with Crippen molar-refractivity contribution in [2.45, 2.75) is 11.9 Å². The van der Waals surface area contributed by atoms with Crippen LogP contribution in [-0.4, -0.2) is 16.6 Å². The maximum absolute atomic E-state index is 5.05. The molecule has 0 bridgehead atoms. The topological polar surface area (TPSA) is 35.0 Å². The minimum atomic E-state index is 0. The molecule has 1 aromatic rings. The quantitative estimate of drug-likeness (QED) is 0.745. The summed E-state index contributed by atoms with van der Waals surface area (Å²) in [7, 11) is 0. The Labute approximate surface area is 84.6 Å². The van der Waals surface area contributed by atoms with Gasteiger partial charge in [0.25, 0.3) is 0 Å². The first kappa shape index (κ1) is 10.8. The molecule has 0 N–H and O–H groups in total. The van der Waals surface area contributed by atoms with Crippen LogP contribution in [0.4, 0.5) is 0 Å². The third-order valence-electron chi connectivity index (χ3n) is 0.883. The van der Waals surface area contributed by atoms with E-state index in [4.69, 9.17) is 17.4 Å². The zero-order valence-electron chi connectivity index (χ0n) is 5.95. The molecular weight excluding hydrogens is 334 g/mol. The van der Waals surface area contributed by atoms with Gasteiger partial charge in [-0.1, -0.05) is 5.03 Å². The van der Waals surface area contributed by atoms with Crippen LogP contribution < -0.4 is 4.74 Å². The number of hydrogen-bond donors (Lipinski definition) is 0. The molecule has 0 aromatic carbocycles. The van der Waals surface area contributed by atoms with E-state index in [0.717, 1.165) is 0 Å². The molecule has 61 valence electrons. The molecule has 0 aliphatic carbocycles. The fourth-order valence-electron chi connectivity index (χ4n) is 0.549. The average molecular weight is 341 g/mol. The third-order valence-corrected chi connectivity index (χ3v) is 1.08. The van der Waals surface area contributed by atoms with E-state index in [0.29, 0.717) is 17.5 Å². The molecule has 0 spiro atoms. The van der Waals surface area contributed by atoms with Crippen molar-refractivity contribution in [3.63, 3.8) is 0 Å². The second-order valence-electron chi connectivity index (χ2n) is 1.63.